The van der Waals surface area contributed by atoms with E-state index in [1.165, 1.54) is 0 Å². The molecule has 0 radical (unpaired) electrons. The first-order valence-electron chi connectivity index (χ1n) is 7.50. The van der Waals surface area contributed by atoms with Crippen LogP contribution >= 0.6 is 0 Å². The van der Waals surface area contributed by atoms with Gasteiger partial charge in [0, 0.05) is 17.2 Å². The largest absolute Gasteiger partial charge is 0.481 e. The van der Waals surface area contributed by atoms with Gasteiger partial charge in [-0.1, -0.05) is 36.4 Å². The van der Waals surface area contributed by atoms with Crippen LogP contribution in [0.1, 0.15) is 18.9 Å². The monoisotopic (exact) mass is 322 g/mol. The van der Waals surface area contributed by atoms with Gasteiger partial charge in [-0.25, -0.2) is 9.47 Å². The fourth-order valence-electron chi connectivity index (χ4n) is 3.44. The maximum atomic E-state index is 12.0. The number of nitrogens with zero attached hydrogens (tertiary/aromatic N) is 2. The molecule has 0 bridgehead atoms. The third-order valence-corrected chi connectivity index (χ3v) is 4.73. The van der Waals surface area contributed by atoms with Gasteiger partial charge in [-0.2, -0.15) is 5.10 Å². The number of hydrogen-bond acceptors (Lipinski definition) is 3. The Labute approximate surface area is 136 Å². The molecule has 1 aliphatic heterocycles. The van der Waals surface area contributed by atoms with Crippen molar-refractivity contribution in [1.29, 1.82) is 0 Å². The molecule has 6 nitrogen and oxygen atoms in total. The van der Waals surface area contributed by atoms with Crippen molar-refractivity contribution >= 4 is 39.5 Å². The molecule has 0 amide bonds. The molecule has 1 aliphatic rings. The van der Waals surface area contributed by atoms with E-state index in [-0.39, 0.29) is 12.1 Å². The predicted molar refractivity (Wildman–Crippen MR) is 89.5 cm³/mol. The summed E-state index contributed by atoms with van der Waals surface area (Å²) in [6, 6.07) is 13.0. The molecule has 0 unspecified atom stereocenters. The lowest BCUT2D eigenvalue weighted by Crippen LogP contribution is -2.36. The Morgan fingerprint density at radius 1 is 1.08 bits per heavy atom. The summed E-state index contributed by atoms with van der Waals surface area (Å²) in [7, 11) is 0. The van der Waals surface area contributed by atoms with E-state index in [1.54, 1.807) is 23.7 Å². The van der Waals surface area contributed by atoms with Gasteiger partial charge in [-0.15, -0.1) is 0 Å². The Morgan fingerprint density at radius 2 is 1.79 bits per heavy atom. The highest BCUT2D eigenvalue weighted by Crippen LogP contribution is 2.40. The highest BCUT2D eigenvalue weighted by atomic mass is 16.4. The van der Waals surface area contributed by atoms with Crippen LogP contribution in [0, 0.1) is 0 Å². The van der Waals surface area contributed by atoms with E-state index in [1.807, 2.05) is 30.3 Å². The molecule has 1 aromatic heterocycles. The second-order valence-corrected chi connectivity index (χ2v) is 6.20. The maximum absolute atomic E-state index is 12.0. The molecule has 0 saturated carbocycles. The average molecular weight is 322 g/mol. The third kappa shape index (κ3) is 1.73. The summed E-state index contributed by atoms with van der Waals surface area (Å²) in [5.74, 6) is -2.27. The summed E-state index contributed by atoms with van der Waals surface area (Å²) in [6.45, 7) is 1.55. The quantitative estimate of drug-likeness (QED) is 0.759. The Hall–Kier alpha value is -3.15. The topological polar surface area (TPSA) is 91.9 Å². The van der Waals surface area contributed by atoms with Crippen LogP contribution in [0.15, 0.2) is 47.6 Å². The van der Waals surface area contributed by atoms with E-state index in [4.69, 9.17) is 0 Å². The summed E-state index contributed by atoms with van der Waals surface area (Å²) >= 11 is 0. The molecular weight excluding hydrogens is 308 g/mol. The first-order valence-corrected chi connectivity index (χ1v) is 7.50. The number of para-hydroxylation sites is 2. The minimum absolute atomic E-state index is 0.168. The minimum atomic E-state index is -1.36. The highest BCUT2D eigenvalue weighted by molar-refractivity contribution is 6.36. The zero-order valence-electron chi connectivity index (χ0n) is 12.9. The molecule has 120 valence electrons. The highest BCUT2D eigenvalue weighted by Gasteiger charge is 2.42. The van der Waals surface area contributed by atoms with Crippen LogP contribution in [0.5, 0.6) is 0 Å². The lowest BCUT2D eigenvalue weighted by molar-refractivity contribution is -0.142. The number of aliphatic carboxylic acids is 2. The summed E-state index contributed by atoms with van der Waals surface area (Å²) in [5, 5.41) is 25.4. The fourth-order valence-corrected chi connectivity index (χ4v) is 3.44. The lowest BCUT2D eigenvalue weighted by atomic mass is 9.77. The van der Waals surface area contributed by atoms with E-state index >= 15 is 0 Å². The van der Waals surface area contributed by atoms with Gasteiger partial charge in [-0.05, 0) is 18.6 Å². The van der Waals surface area contributed by atoms with E-state index in [0.717, 1.165) is 16.3 Å². The third-order valence-electron chi connectivity index (χ3n) is 4.73. The summed E-state index contributed by atoms with van der Waals surface area (Å²) in [6.07, 6.45) is -0.174. The van der Waals surface area contributed by atoms with Crippen molar-refractivity contribution in [1.82, 2.24) is 4.68 Å². The van der Waals surface area contributed by atoms with Crippen LogP contribution in [-0.4, -0.2) is 32.5 Å². The Bertz CT molecular complexity index is 1060. The number of aromatic nitrogens is 1. The zero-order chi connectivity index (χ0) is 17.1. The first-order chi connectivity index (χ1) is 11.4. The van der Waals surface area contributed by atoms with Crippen LogP contribution < -0.4 is 0 Å². The van der Waals surface area contributed by atoms with Crippen molar-refractivity contribution in [2.75, 3.05) is 0 Å². The Balaban J connectivity index is 2.26. The van der Waals surface area contributed by atoms with E-state index in [9.17, 15) is 19.8 Å². The summed E-state index contributed by atoms with van der Waals surface area (Å²) in [5.41, 5.74) is 0.454. The van der Waals surface area contributed by atoms with Gasteiger partial charge in [0.05, 0.1) is 16.4 Å². The van der Waals surface area contributed by atoms with Crippen LogP contribution in [0.2, 0.25) is 0 Å². The van der Waals surface area contributed by atoms with E-state index in [2.05, 4.69) is 5.10 Å². The van der Waals surface area contributed by atoms with Crippen LogP contribution in [0.4, 0.5) is 0 Å². The van der Waals surface area contributed by atoms with Crippen LogP contribution in [0.25, 0.3) is 21.8 Å². The van der Waals surface area contributed by atoms with Gasteiger partial charge in [0.25, 0.3) is 0 Å². The number of hydrogen-bond donors (Lipinski definition) is 2. The smallest absolute Gasteiger partial charge is 0.352 e. The van der Waals surface area contributed by atoms with Crippen molar-refractivity contribution in [3.05, 3.63) is 48.0 Å². The van der Waals surface area contributed by atoms with Gasteiger partial charge >= 0.3 is 11.9 Å². The van der Waals surface area contributed by atoms with Gasteiger partial charge < -0.3 is 10.2 Å². The van der Waals surface area contributed by atoms with Crippen molar-refractivity contribution in [3.63, 3.8) is 0 Å². The molecule has 4 rings (SSSR count). The second kappa shape index (κ2) is 4.67. The number of rotatable bonds is 2. The lowest BCUT2D eigenvalue weighted by Gasteiger charge is -2.24. The number of carboxylic acids is 2. The molecule has 1 atom stereocenters. The van der Waals surface area contributed by atoms with Crippen LogP contribution in [-0.2, 0) is 15.0 Å². The maximum Gasteiger partial charge on any atom is 0.352 e. The summed E-state index contributed by atoms with van der Waals surface area (Å²) in [4.78, 5) is 23.6. The molecule has 2 N–H and O–H groups in total. The van der Waals surface area contributed by atoms with Crippen molar-refractivity contribution in [2.24, 2.45) is 5.10 Å². The van der Waals surface area contributed by atoms with Crippen molar-refractivity contribution < 1.29 is 19.8 Å². The Morgan fingerprint density at radius 3 is 2.50 bits per heavy atom. The molecule has 0 spiro atoms. The molecule has 0 fully saturated rings. The molecule has 0 saturated heterocycles. The minimum Gasteiger partial charge on any atom is -0.481 e. The molecule has 0 aliphatic carbocycles. The number of carboxylic acid groups (broad SMARTS) is 2. The molecule has 2 aromatic carbocycles. The molecule has 24 heavy (non-hydrogen) atoms. The average Bonchev–Trinajstić information content (AvgIpc) is 2.79. The van der Waals surface area contributed by atoms with Crippen molar-refractivity contribution in [3.8, 4) is 0 Å². The number of fused-ring (bicyclic) bond motifs is 3. The SMILES string of the molecule is C[C@@]1(C(=O)O)CC(C(=O)O)=Nn2c3ccccc3c3cccc1c32. The Kier molecular flexibility index (Phi) is 2.81. The molecular formula is C18H14N2O4. The molecule has 2 heterocycles. The van der Waals surface area contributed by atoms with Gasteiger partial charge in [0.2, 0.25) is 0 Å². The normalized spacial score (nSPS) is 20.0. The van der Waals surface area contributed by atoms with E-state index in [0.29, 0.717) is 11.1 Å². The number of benzene rings is 2. The molecule has 6 heteroatoms. The van der Waals surface area contributed by atoms with Gasteiger partial charge in [0.1, 0.15) is 5.71 Å². The fraction of sp³-hybridized carbons (Fsp3) is 0.167. The standard InChI is InChI=1S/C18H14N2O4/c1-18(17(23)24)9-13(16(21)22)19-20-14-8-3-2-5-10(14)11-6-4-7-12(18)15(11)20/h2-8H,9H2,1H3,(H,21,22)(H,23,24)/t18-/m1/s1. The summed E-state index contributed by atoms with van der Waals surface area (Å²) < 4.78 is 1.57. The second-order valence-electron chi connectivity index (χ2n) is 6.20. The van der Waals surface area contributed by atoms with Gasteiger partial charge in [-0.3, -0.25) is 4.79 Å². The van der Waals surface area contributed by atoms with Gasteiger partial charge in [0.15, 0.2) is 0 Å². The number of carbonyl (C=O) groups is 2. The zero-order valence-corrected chi connectivity index (χ0v) is 12.9. The van der Waals surface area contributed by atoms with E-state index < -0.39 is 17.4 Å². The molecule has 3 aromatic rings. The van der Waals surface area contributed by atoms with Crippen molar-refractivity contribution in [2.45, 2.75) is 18.8 Å². The van der Waals surface area contributed by atoms with Crippen LogP contribution in [0.3, 0.4) is 0 Å². The first kappa shape index (κ1) is 14.4. The predicted octanol–water partition coefficient (Wildman–Crippen LogP) is 2.83.